The fourth-order valence-corrected chi connectivity index (χ4v) is 2.91. The monoisotopic (exact) mass is 259 g/mol. The van der Waals surface area contributed by atoms with Crippen LogP contribution in [0.15, 0.2) is 6.33 Å². The molecule has 0 bridgehead atoms. The van der Waals surface area contributed by atoms with E-state index in [0.717, 1.165) is 31.0 Å². The van der Waals surface area contributed by atoms with Gasteiger partial charge < -0.3 is 4.57 Å². The second-order valence-electron chi connectivity index (χ2n) is 5.56. The second-order valence-corrected chi connectivity index (χ2v) is 5.56. The van der Waals surface area contributed by atoms with Crippen molar-refractivity contribution in [1.29, 1.82) is 0 Å². The summed E-state index contributed by atoms with van der Waals surface area (Å²) in [7, 11) is 0. The van der Waals surface area contributed by atoms with Crippen LogP contribution in [-0.4, -0.2) is 24.3 Å². The molecule has 2 aromatic heterocycles. The molecule has 0 aromatic carbocycles. The Hall–Kier alpha value is -1.65. The molecule has 5 heteroatoms. The van der Waals surface area contributed by atoms with E-state index >= 15 is 0 Å². The summed E-state index contributed by atoms with van der Waals surface area (Å²) in [6.07, 6.45) is 6.46. The highest BCUT2D eigenvalue weighted by molar-refractivity contribution is 5.20. The van der Waals surface area contributed by atoms with Crippen LogP contribution in [0.4, 0.5) is 0 Å². The van der Waals surface area contributed by atoms with Gasteiger partial charge in [-0.3, -0.25) is 0 Å². The first kappa shape index (κ1) is 12.4. The SMILES string of the molecule is Cc1nc2c(n1Cc1ncnn1C(C)C)CCCC2. The summed E-state index contributed by atoms with van der Waals surface area (Å²) in [5, 5.41) is 4.31. The van der Waals surface area contributed by atoms with Gasteiger partial charge in [0.25, 0.3) is 0 Å². The van der Waals surface area contributed by atoms with Gasteiger partial charge in [-0.05, 0) is 46.5 Å². The Kier molecular flexibility index (Phi) is 3.12. The average molecular weight is 259 g/mol. The number of nitrogens with zero attached hydrogens (tertiary/aromatic N) is 5. The van der Waals surface area contributed by atoms with Gasteiger partial charge in [0.2, 0.25) is 0 Å². The Labute approximate surface area is 113 Å². The molecule has 0 saturated carbocycles. The highest BCUT2D eigenvalue weighted by Gasteiger charge is 2.19. The summed E-state index contributed by atoms with van der Waals surface area (Å²) in [4.78, 5) is 9.12. The third-order valence-corrected chi connectivity index (χ3v) is 3.86. The van der Waals surface area contributed by atoms with Crippen molar-refractivity contribution in [3.8, 4) is 0 Å². The number of imidazole rings is 1. The van der Waals surface area contributed by atoms with Crippen molar-refractivity contribution in [2.24, 2.45) is 0 Å². The maximum atomic E-state index is 4.71. The summed E-state index contributed by atoms with van der Waals surface area (Å²) in [5.41, 5.74) is 2.70. The molecular formula is C14H21N5. The van der Waals surface area contributed by atoms with E-state index in [4.69, 9.17) is 4.98 Å². The van der Waals surface area contributed by atoms with Crippen LogP contribution in [0.25, 0.3) is 0 Å². The molecule has 0 fully saturated rings. The van der Waals surface area contributed by atoms with Crippen molar-refractivity contribution >= 4 is 0 Å². The molecular weight excluding hydrogens is 238 g/mol. The lowest BCUT2D eigenvalue weighted by Crippen LogP contribution is -2.15. The van der Waals surface area contributed by atoms with Crippen LogP contribution < -0.4 is 0 Å². The average Bonchev–Trinajstić information content (AvgIpc) is 2.96. The van der Waals surface area contributed by atoms with Crippen LogP contribution in [0.2, 0.25) is 0 Å². The van der Waals surface area contributed by atoms with Crippen LogP contribution >= 0.6 is 0 Å². The zero-order valence-corrected chi connectivity index (χ0v) is 11.9. The van der Waals surface area contributed by atoms with E-state index in [-0.39, 0.29) is 0 Å². The van der Waals surface area contributed by atoms with E-state index in [1.807, 2.05) is 4.68 Å². The van der Waals surface area contributed by atoms with Gasteiger partial charge in [-0.2, -0.15) is 5.10 Å². The third-order valence-electron chi connectivity index (χ3n) is 3.86. The molecule has 0 radical (unpaired) electrons. The van der Waals surface area contributed by atoms with E-state index in [9.17, 15) is 0 Å². The fraction of sp³-hybridized carbons (Fsp3) is 0.643. The zero-order chi connectivity index (χ0) is 13.4. The van der Waals surface area contributed by atoms with Gasteiger partial charge in [0.15, 0.2) is 0 Å². The first-order valence-corrected chi connectivity index (χ1v) is 7.10. The van der Waals surface area contributed by atoms with Gasteiger partial charge in [0.05, 0.1) is 12.2 Å². The largest absolute Gasteiger partial charge is 0.324 e. The normalized spacial score (nSPS) is 14.9. The Morgan fingerprint density at radius 2 is 2.05 bits per heavy atom. The van der Waals surface area contributed by atoms with Gasteiger partial charge in [0, 0.05) is 11.7 Å². The quantitative estimate of drug-likeness (QED) is 0.849. The summed E-state index contributed by atoms with van der Waals surface area (Å²) in [5.74, 6) is 2.12. The molecule has 1 aliphatic carbocycles. The molecule has 102 valence electrons. The van der Waals surface area contributed by atoms with Gasteiger partial charge in [-0.1, -0.05) is 0 Å². The second kappa shape index (κ2) is 4.79. The van der Waals surface area contributed by atoms with Crippen LogP contribution in [-0.2, 0) is 19.4 Å². The fourth-order valence-electron chi connectivity index (χ4n) is 2.91. The number of hydrogen-bond acceptors (Lipinski definition) is 3. The van der Waals surface area contributed by atoms with Crippen molar-refractivity contribution in [3.05, 3.63) is 29.4 Å². The molecule has 0 N–H and O–H groups in total. The molecule has 0 saturated heterocycles. The third kappa shape index (κ3) is 2.17. The minimum atomic E-state index is 0.345. The highest BCUT2D eigenvalue weighted by Crippen LogP contribution is 2.23. The van der Waals surface area contributed by atoms with Crippen molar-refractivity contribution in [1.82, 2.24) is 24.3 Å². The molecule has 0 unspecified atom stereocenters. The molecule has 0 aliphatic heterocycles. The maximum Gasteiger partial charge on any atom is 0.147 e. The number of rotatable bonds is 3. The van der Waals surface area contributed by atoms with Crippen molar-refractivity contribution in [2.75, 3.05) is 0 Å². The van der Waals surface area contributed by atoms with E-state index in [1.54, 1.807) is 6.33 Å². The number of fused-ring (bicyclic) bond motifs is 1. The maximum absolute atomic E-state index is 4.71. The Morgan fingerprint density at radius 3 is 2.84 bits per heavy atom. The van der Waals surface area contributed by atoms with Crippen molar-refractivity contribution in [2.45, 2.75) is 59.0 Å². The van der Waals surface area contributed by atoms with Gasteiger partial charge in [-0.15, -0.1) is 0 Å². The predicted octanol–water partition coefficient (Wildman–Crippen LogP) is 2.29. The minimum Gasteiger partial charge on any atom is -0.324 e. The number of hydrogen-bond donors (Lipinski definition) is 0. The van der Waals surface area contributed by atoms with Crippen molar-refractivity contribution < 1.29 is 0 Å². The molecule has 0 atom stereocenters. The minimum absolute atomic E-state index is 0.345. The molecule has 3 rings (SSSR count). The Morgan fingerprint density at radius 1 is 1.26 bits per heavy atom. The Bertz CT molecular complexity index is 579. The summed E-state index contributed by atoms with van der Waals surface area (Å²) in [6.45, 7) is 7.14. The van der Waals surface area contributed by atoms with Crippen molar-refractivity contribution in [3.63, 3.8) is 0 Å². The topological polar surface area (TPSA) is 48.5 Å². The lowest BCUT2D eigenvalue weighted by molar-refractivity contribution is 0.490. The highest BCUT2D eigenvalue weighted by atomic mass is 15.4. The molecule has 0 amide bonds. The van der Waals surface area contributed by atoms with E-state index in [1.165, 1.54) is 24.2 Å². The molecule has 0 spiro atoms. The molecule has 1 aliphatic rings. The van der Waals surface area contributed by atoms with E-state index in [0.29, 0.717) is 6.04 Å². The van der Waals surface area contributed by atoms with Crippen LogP contribution in [0.5, 0.6) is 0 Å². The van der Waals surface area contributed by atoms with E-state index < -0.39 is 0 Å². The van der Waals surface area contributed by atoms with Crippen LogP contribution in [0.3, 0.4) is 0 Å². The van der Waals surface area contributed by atoms with E-state index in [2.05, 4.69) is 35.4 Å². The molecule has 5 nitrogen and oxygen atoms in total. The standard InChI is InChI=1S/C14H21N5/c1-10(2)19-14(15-9-16-19)8-18-11(3)17-12-6-4-5-7-13(12)18/h9-10H,4-8H2,1-3H3. The first-order valence-electron chi connectivity index (χ1n) is 7.10. The predicted molar refractivity (Wildman–Crippen MR) is 73.1 cm³/mol. The molecule has 2 aromatic rings. The summed E-state index contributed by atoms with van der Waals surface area (Å²) in [6, 6.07) is 0.345. The smallest absolute Gasteiger partial charge is 0.147 e. The van der Waals surface area contributed by atoms with Crippen LogP contribution in [0.1, 0.15) is 55.8 Å². The lowest BCUT2D eigenvalue weighted by Gasteiger charge is -2.15. The zero-order valence-electron chi connectivity index (χ0n) is 11.9. The van der Waals surface area contributed by atoms with Gasteiger partial charge >= 0.3 is 0 Å². The molecule has 19 heavy (non-hydrogen) atoms. The number of aromatic nitrogens is 5. The summed E-state index contributed by atoms with van der Waals surface area (Å²) < 4.78 is 4.31. The Balaban J connectivity index is 1.95. The van der Waals surface area contributed by atoms with Gasteiger partial charge in [0.1, 0.15) is 18.0 Å². The van der Waals surface area contributed by atoms with Crippen LogP contribution in [0, 0.1) is 6.92 Å². The first-order chi connectivity index (χ1) is 9.16. The number of aryl methyl sites for hydroxylation is 2. The van der Waals surface area contributed by atoms with Gasteiger partial charge in [-0.25, -0.2) is 14.6 Å². The summed E-state index contributed by atoms with van der Waals surface area (Å²) >= 11 is 0. The molecule has 2 heterocycles. The lowest BCUT2D eigenvalue weighted by atomic mass is 10.0.